The highest BCUT2D eigenvalue weighted by atomic mass is 79.9. The summed E-state index contributed by atoms with van der Waals surface area (Å²) in [4.78, 5) is 19.0. The van der Waals surface area contributed by atoms with Gasteiger partial charge >= 0.3 is 0 Å². The number of H-pyrrole nitrogens is 1. The van der Waals surface area contributed by atoms with Gasteiger partial charge in [-0.3, -0.25) is 9.36 Å². The number of nitrogens with zero attached hydrogens (tertiary/aromatic N) is 2. The fourth-order valence-corrected chi connectivity index (χ4v) is 3.12. The third-order valence-corrected chi connectivity index (χ3v) is 4.69. The summed E-state index contributed by atoms with van der Waals surface area (Å²) < 4.78 is 9.11. The topological polar surface area (TPSA) is 59.9 Å². The van der Waals surface area contributed by atoms with Crippen LogP contribution in [-0.4, -0.2) is 14.5 Å². The smallest absolute Gasteiger partial charge is 0.255 e. The Bertz CT molecular complexity index is 1090. The van der Waals surface area contributed by atoms with E-state index in [4.69, 9.17) is 4.74 Å². The normalized spacial score (nSPS) is 11.9. The number of nitrogens with one attached hydrogen (secondary N) is 1. The number of hydrogen-bond donors (Lipinski definition) is 1. The van der Waals surface area contributed by atoms with Gasteiger partial charge in [-0.25, -0.2) is 4.98 Å². The number of hydrogen-bond acceptors (Lipinski definition) is 3. The van der Waals surface area contributed by atoms with Crippen molar-refractivity contribution >= 4 is 15.9 Å². The van der Waals surface area contributed by atoms with E-state index in [9.17, 15) is 4.79 Å². The molecule has 0 aliphatic carbocycles. The molecule has 2 aromatic heterocycles. The molecule has 4 rings (SSSR count). The Morgan fingerprint density at radius 3 is 2.67 bits per heavy atom. The Kier molecular flexibility index (Phi) is 4.89. The van der Waals surface area contributed by atoms with Gasteiger partial charge in [0.1, 0.15) is 5.75 Å². The van der Waals surface area contributed by atoms with Gasteiger partial charge in [0.25, 0.3) is 5.56 Å². The molecule has 0 spiro atoms. The summed E-state index contributed by atoms with van der Waals surface area (Å²) >= 11 is 3.43. The van der Waals surface area contributed by atoms with Crippen molar-refractivity contribution in [2.75, 3.05) is 0 Å². The van der Waals surface area contributed by atoms with E-state index < -0.39 is 6.23 Å². The molecule has 2 heterocycles. The van der Waals surface area contributed by atoms with Gasteiger partial charge in [-0.05, 0) is 48.0 Å². The lowest BCUT2D eigenvalue weighted by Gasteiger charge is -2.21. The van der Waals surface area contributed by atoms with Gasteiger partial charge in [0, 0.05) is 34.2 Å². The van der Waals surface area contributed by atoms with Crippen LogP contribution in [0, 0.1) is 0 Å². The zero-order valence-electron chi connectivity index (χ0n) is 14.2. The third-order valence-electron chi connectivity index (χ3n) is 4.16. The molecule has 4 aromatic rings. The maximum Gasteiger partial charge on any atom is 0.255 e. The first-order chi connectivity index (χ1) is 13.2. The summed E-state index contributed by atoms with van der Waals surface area (Å²) in [6.45, 7) is 0. The van der Waals surface area contributed by atoms with E-state index in [2.05, 4.69) is 25.9 Å². The van der Waals surface area contributed by atoms with Crippen molar-refractivity contribution in [1.82, 2.24) is 14.5 Å². The Morgan fingerprint density at radius 1 is 1.07 bits per heavy atom. The number of imidazole rings is 1. The van der Waals surface area contributed by atoms with Crippen molar-refractivity contribution in [3.63, 3.8) is 0 Å². The number of aromatic amines is 1. The molecule has 2 aromatic carbocycles. The SMILES string of the molecule is O=c1[nH]cccc1-c1cccc(C(Oc2ccc(Br)cc2)n2ccnc2)c1. The average molecular weight is 422 g/mol. The fraction of sp³-hybridized carbons (Fsp3) is 0.0476. The molecule has 5 nitrogen and oxygen atoms in total. The van der Waals surface area contributed by atoms with Crippen LogP contribution >= 0.6 is 15.9 Å². The summed E-state index contributed by atoms with van der Waals surface area (Å²) in [6.07, 6.45) is 6.50. The van der Waals surface area contributed by atoms with Gasteiger partial charge in [0.05, 0.1) is 6.33 Å². The molecule has 1 unspecified atom stereocenters. The van der Waals surface area contributed by atoms with Gasteiger partial charge < -0.3 is 9.72 Å². The standard InChI is InChI=1S/C21H16BrN3O2/c22-17-6-8-18(9-7-17)27-21(25-12-11-23-14-25)16-4-1-3-15(13-16)19-5-2-10-24-20(19)26/h1-14,21H,(H,24,26). The van der Waals surface area contributed by atoms with Crippen molar-refractivity contribution in [3.05, 3.63) is 106 Å². The molecular weight excluding hydrogens is 406 g/mol. The summed E-state index contributed by atoms with van der Waals surface area (Å²) in [5.74, 6) is 0.736. The summed E-state index contributed by atoms with van der Waals surface area (Å²) in [6, 6.07) is 19.1. The van der Waals surface area contributed by atoms with E-state index in [0.717, 1.165) is 21.3 Å². The molecule has 134 valence electrons. The Balaban J connectivity index is 1.74. The number of aromatic nitrogens is 3. The van der Waals surface area contributed by atoms with Gasteiger partial charge in [-0.15, -0.1) is 0 Å². The van der Waals surface area contributed by atoms with Crippen LogP contribution in [-0.2, 0) is 0 Å². The molecule has 0 saturated heterocycles. The predicted octanol–water partition coefficient (Wildman–Crippen LogP) is 4.63. The monoisotopic (exact) mass is 421 g/mol. The van der Waals surface area contributed by atoms with Crippen LogP contribution in [0.5, 0.6) is 5.75 Å². The molecule has 6 heteroatoms. The van der Waals surface area contributed by atoms with Crippen LogP contribution in [0.4, 0.5) is 0 Å². The Hall–Kier alpha value is -3.12. The van der Waals surface area contributed by atoms with E-state index >= 15 is 0 Å². The Morgan fingerprint density at radius 2 is 1.93 bits per heavy atom. The number of rotatable bonds is 5. The first-order valence-corrected chi connectivity index (χ1v) is 9.18. The van der Waals surface area contributed by atoms with Gasteiger partial charge in [0.15, 0.2) is 0 Å². The lowest BCUT2D eigenvalue weighted by atomic mass is 10.0. The third kappa shape index (κ3) is 3.85. The van der Waals surface area contributed by atoms with Crippen molar-refractivity contribution in [2.45, 2.75) is 6.23 Å². The molecule has 0 aliphatic heterocycles. The van der Waals surface area contributed by atoms with Crippen LogP contribution in [0.3, 0.4) is 0 Å². The lowest BCUT2D eigenvalue weighted by molar-refractivity contribution is 0.174. The van der Waals surface area contributed by atoms with Crippen molar-refractivity contribution < 1.29 is 4.74 Å². The van der Waals surface area contributed by atoms with Crippen LogP contribution in [0.25, 0.3) is 11.1 Å². The number of ether oxygens (including phenoxy) is 1. The van der Waals surface area contributed by atoms with Gasteiger partial charge in [0.2, 0.25) is 6.23 Å². The highest BCUT2D eigenvalue weighted by Crippen LogP contribution is 2.27. The van der Waals surface area contributed by atoms with Crippen molar-refractivity contribution in [3.8, 4) is 16.9 Å². The van der Waals surface area contributed by atoms with E-state index in [1.807, 2.05) is 65.4 Å². The predicted molar refractivity (Wildman–Crippen MR) is 108 cm³/mol. The highest BCUT2D eigenvalue weighted by Gasteiger charge is 2.16. The minimum atomic E-state index is -0.406. The van der Waals surface area contributed by atoms with Crippen LogP contribution in [0.15, 0.2) is 94.8 Å². The highest BCUT2D eigenvalue weighted by molar-refractivity contribution is 9.10. The van der Waals surface area contributed by atoms with Crippen molar-refractivity contribution in [1.29, 1.82) is 0 Å². The zero-order valence-corrected chi connectivity index (χ0v) is 15.8. The molecule has 0 bridgehead atoms. The molecular formula is C21H16BrN3O2. The number of halogens is 1. The molecule has 0 aliphatic rings. The molecule has 0 fully saturated rings. The van der Waals surface area contributed by atoms with E-state index in [1.54, 1.807) is 24.8 Å². The molecule has 1 N–H and O–H groups in total. The molecule has 27 heavy (non-hydrogen) atoms. The van der Waals surface area contributed by atoms with E-state index in [-0.39, 0.29) is 5.56 Å². The summed E-state index contributed by atoms with van der Waals surface area (Å²) in [5.41, 5.74) is 2.24. The molecule has 0 amide bonds. The fourth-order valence-electron chi connectivity index (χ4n) is 2.86. The van der Waals surface area contributed by atoms with E-state index in [0.29, 0.717) is 5.56 Å². The Labute approximate surface area is 164 Å². The first-order valence-electron chi connectivity index (χ1n) is 8.38. The molecule has 0 radical (unpaired) electrons. The second-order valence-electron chi connectivity index (χ2n) is 5.97. The van der Waals surface area contributed by atoms with Crippen LogP contribution in [0.1, 0.15) is 11.8 Å². The van der Waals surface area contributed by atoms with Gasteiger partial charge in [-0.2, -0.15) is 0 Å². The summed E-state index contributed by atoms with van der Waals surface area (Å²) in [5, 5.41) is 0. The second kappa shape index (κ2) is 7.63. The number of benzene rings is 2. The molecule has 1 atom stereocenters. The average Bonchev–Trinajstić information content (AvgIpc) is 3.22. The van der Waals surface area contributed by atoms with Crippen LogP contribution in [0.2, 0.25) is 0 Å². The first kappa shape index (κ1) is 17.3. The maximum absolute atomic E-state index is 12.1. The quantitative estimate of drug-likeness (QED) is 0.510. The number of pyridine rings is 1. The second-order valence-corrected chi connectivity index (χ2v) is 6.89. The van der Waals surface area contributed by atoms with Crippen LogP contribution < -0.4 is 10.3 Å². The summed E-state index contributed by atoms with van der Waals surface area (Å²) in [7, 11) is 0. The minimum absolute atomic E-state index is 0.123. The zero-order chi connectivity index (χ0) is 18.6. The van der Waals surface area contributed by atoms with Crippen molar-refractivity contribution in [2.24, 2.45) is 0 Å². The largest absolute Gasteiger partial charge is 0.466 e. The maximum atomic E-state index is 12.1. The van der Waals surface area contributed by atoms with E-state index in [1.165, 1.54) is 0 Å². The van der Waals surface area contributed by atoms with Gasteiger partial charge in [-0.1, -0.05) is 34.1 Å². The lowest BCUT2D eigenvalue weighted by Crippen LogP contribution is -2.16. The minimum Gasteiger partial charge on any atom is -0.466 e. The molecule has 0 saturated carbocycles.